The molecule has 0 aromatic heterocycles. The van der Waals surface area contributed by atoms with Gasteiger partial charge in [0, 0.05) is 19.3 Å². The third kappa shape index (κ3) is 73.3. The number of aliphatic hydroxyl groups is 2. The summed E-state index contributed by atoms with van der Waals surface area (Å²) < 4.78 is 61.0. The summed E-state index contributed by atoms with van der Waals surface area (Å²) in [5.41, 5.74) is 0. The molecule has 0 aromatic rings. The highest BCUT2D eigenvalue weighted by Crippen LogP contribution is 2.45. The topological polar surface area (TPSA) is 231 Å². The molecule has 5 atom stereocenters. The fourth-order valence-corrected chi connectivity index (χ4v) is 11.6. The van der Waals surface area contributed by atoms with Crippen LogP contribution in [0.2, 0.25) is 0 Å². The minimum Gasteiger partial charge on any atom is -0.463 e. The second kappa shape index (κ2) is 72.0. The van der Waals surface area contributed by atoms with Gasteiger partial charge in [-0.3, -0.25) is 32.5 Å². The van der Waals surface area contributed by atoms with Crippen molar-refractivity contribution < 1.29 is 75.8 Å². The first-order valence-electron chi connectivity index (χ1n) is 38.2. The molecule has 0 fully saturated rings. The number of rotatable bonds is 72. The van der Waals surface area contributed by atoms with E-state index in [1.807, 2.05) is 0 Å². The average Bonchev–Trinajstić information content (AvgIpc) is 1.95. The van der Waals surface area contributed by atoms with Crippen molar-refractivity contribution in [3.8, 4) is 0 Å². The summed E-state index contributed by atoms with van der Waals surface area (Å²) in [6.07, 6.45) is 82.9. The number of ether oxygens (including phenoxy) is 3. The summed E-state index contributed by atoms with van der Waals surface area (Å²) in [6, 6.07) is 0. The molecule has 0 rings (SSSR count). The Balaban J connectivity index is 4.46. The fraction of sp³-hybridized carbons (Fsp3) is 0.734. The predicted molar refractivity (Wildman–Crippen MR) is 399 cm³/mol. The van der Waals surface area contributed by atoms with Crippen molar-refractivity contribution in [3.05, 3.63) is 109 Å². The molecule has 4 N–H and O–H groups in total. The molecule has 0 bridgehead atoms. The molecular formula is C79H138O16P2. The lowest BCUT2D eigenvalue weighted by Gasteiger charge is -2.21. The SMILES string of the molecule is CCCC/C=C\CCCCCCCC(=O)OC(COC(=O)CCCCCCC/C=C\C/C=C\C/C=C\C/C=C\CCCCC)COP(=O)(O)OCC(O)COP(=O)(O)OCC(O)COC(=O)CCCCCCCCCCCCCCC/C=C\C/C=C\C/C=C\C/C=C\CCCCC. The highest BCUT2D eigenvalue weighted by atomic mass is 31.2. The van der Waals surface area contributed by atoms with Crippen molar-refractivity contribution in [2.75, 3.05) is 39.6 Å². The van der Waals surface area contributed by atoms with E-state index in [2.05, 4.69) is 130 Å². The van der Waals surface area contributed by atoms with Crippen molar-refractivity contribution in [2.24, 2.45) is 0 Å². The van der Waals surface area contributed by atoms with E-state index in [4.69, 9.17) is 32.3 Å². The molecule has 0 saturated carbocycles. The number of hydrogen-bond acceptors (Lipinski definition) is 14. The van der Waals surface area contributed by atoms with E-state index in [0.29, 0.717) is 19.3 Å². The molecule has 0 aromatic carbocycles. The Hall–Kier alpha value is -3.79. The van der Waals surface area contributed by atoms with Crippen LogP contribution in [0.15, 0.2) is 109 Å². The van der Waals surface area contributed by atoms with Gasteiger partial charge in [0.1, 0.15) is 25.4 Å². The van der Waals surface area contributed by atoms with E-state index in [9.17, 15) is 43.5 Å². The van der Waals surface area contributed by atoms with Gasteiger partial charge in [0.2, 0.25) is 0 Å². The van der Waals surface area contributed by atoms with Crippen LogP contribution in [0.4, 0.5) is 0 Å². The number of hydrogen-bond donors (Lipinski definition) is 4. The Morgan fingerprint density at radius 2 is 0.526 bits per heavy atom. The molecule has 0 radical (unpaired) electrons. The summed E-state index contributed by atoms with van der Waals surface area (Å²) in [7, 11) is -9.79. The van der Waals surface area contributed by atoms with Gasteiger partial charge in [-0.2, -0.15) is 0 Å². The highest BCUT2D eigenvalue weighted by Gasteiger charge is 2.29. The lowest BCUT2D eigenvalue weighted by molar-refractivity contribution is -0.161. The van der Waals surface area contributed by atoms with Crippen LogP contribution >= 0.6 is 15.6 Å². The second-order valence-electron chi connectivity index (χ2n) is 25.4. The summed E-state index contributed by atoms with van der Waals surface area (Å²) in [5.74, 6) is -1.60. The Labute approximate surface area is 590 Å². The van der Waals surface area contributed by atoms with E-state index in [0.717, 1.165) is 135 Å². The molecule has 0 spiro atoms. The van der Waals surface area contributed by atoms with Crippen LogP contribution in [0, 0.1) is 0 Å². The lowest BCUT2D eigenvalue weighted by atomic mass is 10.0. The molecule has 16 nitrogen and oxygen atoms in total. The molecule has 0 heterocycles. The van der Waals surface area contributed by atoms with Gasteiger partial charge in [0.05, 0.1) is 26.4 Å². The van der Waals surface area contributed by atoms with Crippen LogP contribution in [0.5, 0.6) is 0 Å². The van der Waals surface area contributed by atoms with Crippen LogP contribution in [-0.2, 0) is 55.8 Å². The number of phosphoric ester groups is 2. The van der Waals surface area contributed by atoms with Gasteiger partial charge in [0.15, 0.2) is 6.10 Å². The summed E-state index contributed by atoms with van der Waals surface area (Å²) in [6.45, 7) is 2.55. The minimum absolute atomic E-state index is 0.0886. The monoisotopic (exact) mass is 1400 g/mol. The predicted octanol–water partition coefficient (Wildman–Crippen LogP) is 22.0. The van der Waals surface area contributed by atoms with E-state index in [1.165, 1.54) is 122 Å². The number of carbonyl (C=O) groups excluding carboxylic acids is 3. The first-order chi connectivity index (χ1) is 47.2. The maximum Gasteiger partial charge on any atom is 0.472 e. The van der Waals surface area contributed by atoms with Gasteiger partial charge in [-0.15, -0.1) is 0 Å². The Morgan fingerprint density at radius 1 is 0.289 bits per heavy atom. The zero-order chi connectivity index (χ0) is 70.9. The molecule has 0 aliphatic rings. The van der Waals surface area contributed by atoms with Gasteiger partial charge in [0.25, 0.3) is 0 Å². The number of esters is 3. The van der Waals surface area contributed by atoms with Crippen molar-refractivity contribution >= 4 is 33.6 Å². The van der Waals surface area contributed by atoms with Crippen molar-refractivity contribution in [2.45, 2.75) is 334 Å². The molecule has 18 heteroatoms. The first-order valence-corrected chi connectivity index (χ1v) is 41.2. The summed E-state index contributed by atoms with van der Waals surface area (Å²) in [5, 5.41) is 20.6. The molecule has 0 aliphatic heterocycles. The van der Waals surface area contributed by atoms with Crippen molar-refractivity contribution in [3.63, 3.8) is 0 Å². The van der Waals surface area contributed by atoms with E-state index < -0.39 is 91.5 Å². The largest absolute Gasteiger partial charge is 0.472 e. The van der Waals surface area contributed by atoms with E-state index in [1.54, 1.807) is 0 Å². The number of phosphoric acid groups is 2. The number of aliphatic hydroxyl groups excluding tert-OH is 2. The quantitative estimate of drug-likeness (QED) is 0.0146. The summed E-state index contributed by atoms with van der Waals surface area (Å²) in [4.78, 5) is 58.5. The smallest absolute Gasteiger partial charge is 0.463 e. The summed E-state index contributed by atoms with van der Waals surface area (Å²) >= 11 is 0. The molecule has 97 heavy (non-hydrogen) atoms. The standard InChI is InChI=1S/C79H138O16P2/c1-4-7-10-13-16-19-22-24-26-28-30-32-33-34-35-36-37-38-39-41-43-44-46-48-51-53-56-59-62-65-77(82)89-68-74(80)69-91-96(85,86)92-70-75(81)71-93-97(87,88)94-73-76(95-79(84)67-64-61-58-55-50-21-18-15-12-9-6-3)72-90-78(83)66-63-60-57-54-52-49-47-45-42-40-31-29-27-25-23-20-17-14-11-8-5-2/h15-20,24-27,30-32,34-35,40,45,47,74-76,80-81H,4-14,21-23,28-29,33,36-39,41-44,46,48-73H2,1-3H3,(H,85,86)(H,87,88)/b18-15-,19-16-,20-17-,26-24-,27-25-,32-30-,35-34-,40-31-,47-45-. The Bertz CT molecular complexity index is 2200. The number of allylic oxidation sites excluding steroid dienone is 18. The zero-order valence-electron chi connectivity index (χ0n) is 61.0. The fourth-order valence-electron chi connectivity index (χ4n) is 10.0. The molecule has 0 aliphatic carbocycles. The van der Waals surface area contributed by atoms with E-state index in [-0.39, 0.29) is 19.3 Å². The number of carbonyl (C=O) groups is 3. The van der Waals surface area contributed by atoms with Crippen LogP contribution < -0.4 is 0 Å². The molecule has 5 unspecified atom stereocenters. The second-order valence-corrected chi connectivity index (χ2v) is 28.4. The highest BCUT2D eigenvalue weighted by molar-refractivity contribution is 7.47. The Morgan fingerprint density at radius 3 is 0.856 bits per heavy atom. The van der Waals surface area contributed by atoms with Gasteiger partial charge < -0.3 is 34.2 Å². The minimum atomic E-state index is -4.93. The maximum atomic E-state index is 12.9. The molecule has 560 valence electrons. The third-order valence-corrected chi connectivity index (χ3v) is 17.8. The van der Waals surface area contributed by atoms with Gasteiger partial charge in [-0.1, -0.05) is 278 Å². The molecule has 0 saturated heterocycles. The molecule has 0 amide bonds. The maximum absolute atomic E-state index is 12.9. The molecular weight excluding hydrogens is 1270 g/mol. The van der Waals surface area contributed by atoms with Gasteiger partial charge in [-0.05, 0) is 128 Å². The van der Waals surface area contributed by atoms with Crippen LogP contribution in [-0.4, -0.2) is 95.9 Å². The van der Waals surface area contributed by atoms with Crippen LogP contribution in [0.25, 0.3) is 0 Å². The van der Waals surface area contributed by atoms with Crippen LogP contribution in [0.3, 0.4) is 0 Å². The Kier molecular flexibility index (Phi) is 69.2. The van der Waals surface area contributed by atoms with Crippen molar-refractivity contribution in [1.29, 1.82) is 0 Å². The van der Waals surface area contributed by atoms with Gasteiger partial charge >= 0.3 is 33.6 Å². The third-order valence-electron chi connectivity index (χ3n) is 15.9. The van der Waals surface area contributed by atoms with Crippen LogP contribution in [0.1, 0.15) is 316 Å². The number of unbranched alkanes of at least 4 members (excludes halogenated alkanes) is 31. The van der Waals surface area contributed by atoms with Crippen molar-refractivity contribution in [1.82, 2.24) is 0 Å². The zero-order valence-corrected chi connectivity index (χ0v) is 62.8. The lowest BCUT2D eigenvalue weighted by Crippen LogP contribution is -2.30. The normalized spacial score (nSPS) is 14.7. The van der Waals surface area contributed by atoms with E-state index >= 15 is 0 Å². The average molecular weight is 1410 g/mol. The van der Waals surface area contributed by atoms with Gasteiger partial charge in [-0.25, -0.2) is 9.13 Å². The first kappa shape index (κ1) is 93.2.